The van der Waals surface area contributed by atoms with E-state index >= 15 is 0 Å². The fourth-order valence-corrected chi connectivity index (χ4v) is 1.62. The van der Waals surface area contributed by atoms with E-state index in [1.165, 1.54) is 22.9 Å². The van der Waals surface area contributed by atoms with Gasteiger partial charge in [-0.3, -0.25) is 9.48 Å². The van der Waals surface area contributed by atoms with Gasteiger partial charge in [0.25, 0.3) is 5.91 Å². The van der Waals surface area contributed by atoms with Gasteiger partial charge in [-0.05, 0) is 24.3 Å². The van der Waals surface area contributed by atoms with Crippen LogP contribution < -0.4 is 11.1 Å². The summed E-state index contributed by atoms with van der Waals surface area (Å²) in [6, 6.07) is 5.66. The van der Waals surface area contributed by atoms with Gasteiger partial charge in [-0.25, -0.2) is 4.39 Å². The Labute approximate surface area is 114 Å². The van der Waals surface area contributed by atoms with Crippen molar-refractivity contribution in [3.05, 3.63) is 47.5 Å². The minimum atomic E-state index is -0.602. The molecule has 0 aliphatic rings. The number of benzene rings is 1. The van der Waals surface area contributed by atoms with Crippen molar-refractivity contribution in [2.45, 2.75) is 0 Å². The van der Waals surface area contributed by atoms with Crippen LogP contribution in [0.25, 0.3) is 0 Å². The lowest BCUT2D eigenvalue weighted by Crippen LogP contribution is -2.15. The second-order valence-corrected chi connectivity index (χ2v) is 4.33. The van der Waals surface area contributed by atoms with Crippen molar-refractivity contribution in [2.75, 3.05) is 5.32 Å². The van der Waals surface area contributed by atoms with Crippen LogP contribution in [0.5, 0.6) is 0 Å². The van der Waals surface area contributed by atoms with Gasteiger partial charge in [-0.15, -0.1) is 0 Å². The van der Waals surface area contributed by atoms with Gasteiger partial charge < -0.3 is 11.1 Å². The maximum atomic E-state index is 13.7. The summed E-state index contributed by atoms with van der Waals surface area (Å²) in [5.74, 6) is -1.09. The van der Waals surface area contributed by atoms with Crippen LogP contribution in [-0.2, 0) is 7.05 Å². The number of aryl methyl sites for hydroxylation is 1. The Kier molecular flexibility index (Phi) is 3.57. The summed E-state index contributed by atoms with van der Waals surface area (Å²) in [7, 11) is 1.69. The van der Waals surface area contributed by atoms with Gasteiger partial charge in [0.1, 0.15) is 10.8 Å². The summed E-state index contributed by atoms with van der Waals surface area (Å²) in [4.78, 5) is 11.9. The standard InChI is InChI=1S/C12H11FN4OS/c1-17-5-4-10(16-17)12(18)15-9-3-2-7(11(14)19)6-8(9)13/h2-6H,1H3,(H2,14,19)(H,15,18). The lowest BCUT2D eigenvalue weighted by atomic mass is 10.2. The van der Waals surface area contributed by atoms with E-state index in [4.69, 9.17) is 18.0 Å². The van der Waals surface area contributed by atoms with Crippen molar-refractivity contribution in [1.82, 2.24) is 9.78 Å². The summed E-state index contributed by atoms with van der Waals surface area (Å²) in [5.41, 5.74) is 6.06. The molecule has 0 atom stereocenters. The monoisotopic (exact) mass is 278 g/mol. The van der Waals surface area contributed by atoms with E-state index in [9.17, 15) is 9.18 Å². The van der Waals surface area contributed by atoms with Crippen molar-refractivity contribution in [3.63, 3.8) is 0 Å². The van der Waals surface area contributed by atoms with Crippen LogP contribution in [0, 0.1) is 5.82 Å². The van der Waals surface area contributed by atoms with Crippen LogP contribution >= 0.6 is 12.2 Å². The fraction of sp³-hybridized carbons (Fsp3) is 0.0833. The Hall–Kier alpha value is -2.28. The first kappa shape index (κ1) is 13.2. The molecule has 0 unspecified atom stereocenters. The fourth-order valence-electron chi connectivity index (χ4n) is 1.49. The predicted molar refractivity (Wildman–Crippen MR) is 73.4 cm³/mol. The lowest BCUT2D eigenvalue weighted by Gasteiger charge is -2.06. The van der Waals surface area contributed by atoms with Gasteiger partial charge in [0.2, 0.25) is 0 Å². The quantitative estimate of drug-likeness (QED) is 0.833. The number of anilines is 1. The maximum absolute atomic E-state index is 13.7. The number of nitrogens with zero attached hydrogens (tertiary/aromatic N) is 2. The second-order valence-electron chi connectivity index (χ2n) is 3.89. The topological polar surface area (TPSA) is 72.9 Å². The molecule has 0 aliphatic carbocycles. The van der Waals surface area contributed by atoms with Crippen LogP contribution in [0.15, 0.2) is 30.5 Å². The molecular weight excluding hydrogens is 267 g/mol. The average molecular weight is 278 g/mol. The molecule has 0 aliphatic heterocycles. The number of aromatic nitrogens is 2. The Morgan fingerprint density at radius 2 is 2.21 bits per heavy atom. The van der Waals surface area contributed by atoms with E-state index in [1.807, 2.05) is 0 Å². The van der Waals surface area contributed by atoms with E-state index in [2.05, 4.69) is 10.4 Å². The first-order chi connectivity index (χ1) is 8.97. The largest absolute Gasteiger partial charge is 0.389 e. The van der Waals surface area contributed by atoms with Crippen molar-refractivity contribution >= 4 is 28.8 Å². The summed E-state index contributed by atoms with van der Waals surface area (Å²) < 4.78 is 15.2. The van der Waals surface area contributed by atoms with Gasteiger partial charge in [0, 0.05) is 18.8 Å². The summed E-state index contributed by atoms with van der Waals surface area (Å²) in [5, 5.41) is 6.36. The van der Waals surface area contributed by atoms with Crippen molar-refractivity contribution in [1.29, 1.82) is 0 Å². The molecule has 1 amide bonds. The van der Waals surface area contributed by atoms with Crippen LogP contribution in [0.2, 0.25) is 0 Å². The number of hydrogen-bond acceptors (Lipinski definition) is 3. The third-order valence-corrected chi connectivity index (χ3v) is 2.68. The third-order valence-electron chi connectivity index (χ3n) is 2.45. The highest BCUT2D eigenvalue weighted by Gasteiger charge is 2.12. The second kappa shape index (κ2) is 5.15. The zero-order chi connectivity index (χ0) is 14.0. The number of carbonyl (C=O) groups excluding carboxylic acids is 1. The van der Waals surface area contributed by atoms with Crippen LogP contribution in [0.3, 0.4) is 0 Å². The number of rotatable bonds is 3. The van der Waals surface area contributed by atoms with E-state index in [0.29, 0.717) is 5.56 Å². The smallest absolute Gasteiger partial charge is 0.276 e. The van der Waals surface area contributed by atoms with Crippen LogP contribution in [0.1, 0.15) is 16.1 Å². The maximum Gasteiger partial charge on any atom is 0.276 e. The Morgan fingerprint density at radius 1 is 1.47 bits per heavy atom. The van der Waals surface area contributed by atoms with E-state index in [0.717, 1.165) is 0 Å². The minimum Gasteiger partial charge on any atom is -0.389 e. The molecule has 1 aromatic heterocycles. The predicted octanol–water partition coefficient (Wildman–Crippen LogP) is 1.45. The van der Waals surface area contributed by atoms with Crippen molar-refractivity contribution in [2.24, 2.45) is 12.8 Å². The molecule has 2 aromatic rings. The Morgan fingerprint density at radius 3 is 2.74 bits per heavy atom. The minimum absolute atomic E-state index is 0.0515. The summed E-state index contributed by atoms with van der Waals surface area (Å²) in [6.07, 6.45) is 1.63. The van der Waals surface area contributed by atoms with Gasteiger partial charge in [0.05, 0.1) is 5.69 Å². The SMILES string of the molecule is Cn1ccc(C(=O)Nc2ccc(C(N)=S)cc2F)n1. The molecule has 0 saturated carbocycles. The number of thiocarbonyl (C=S) groups is 1. The van der Waals surface area contributed by atoms with Crippen molar-refractivity contribution < 1.29 is 9.18 Å². The highest BCUT2D eigenvalue weighted by Crippen LogP contribution is 2.16. The molecule has 0 saturated heterocycles. The lowest BCUT2D eigenvalue weighted by molar-refractivity contribution is 0.102. The number of carbonyl (C=O) groups is 1. The molecule has 98 valence electrons. The molecule has 5 nitrogen and oxygen atoms in total. The zero-order valence-corrected chi connectivity index (χ0v) is 10.9. The molecular formula is C12H11FN4OS. The van der Waals surface area contributed by atoms with Gasteiger partial charge in [-0.1, -0.05) is 12.2 Å². The van der Waals surface area contributed by atoms with Gasteiger partial charge >= 0.3 is 0 Å². The first-order valence-corrected chi connectivity index (χ1v) is 5.78. The number of amides is 1. The third kappa shape index (κ3) is 2.94. The highest BCUT2D eigenvalue weighted by molar-refractivity contribution is 7.80. The normalized spacial score (nSPS) is 10.2. The van der Waals surface area contributed by atoms with Gasteiger partial charge in [-0.2, -0.15) is 5.10 Å². The molecule has 3 N–H and O–H groups in total. The highest BCUT2D eigenvalue weighted by atomic mass is 32.1. The number of hydrogen-bond donors (Lipinski definition) is 2. The summed E-state index contributed by atoms with van der Waals surface area (Å²) in [6.45, 7) is 0. The molecule has 0 spiro atoms. The van der Waals surface area contributed by atoms with E-state index in [-0.39, 0.29) is 16.4 Å². The van der Waals surface area contributed by atoms with Crippen LogP contribution in [0.4, 0.5) is 10.1 Å². The summed E-state index contributed by atoms with van der Waals surface area (Å²) >= 11 is 4.74. The molecule has 1 heterocycles. The Balaban J connectivity index is 2.20. The first-order valence-electron chi connectivity index (χ1n) is 5.37. The molecule has 0 fully saturated rings. The molecule has 2 rings (SSSR count). The number of halogens is 1. The Bertz CT molecular complexity index is 653. The van der Waals surface area contributed by atoms with Gasteiger partial charge in [0.15, 0.2) is 5.69 Å². The molecule has 0 radical (unpaired) electrons. The molecule has 19 heavy (non-hydrogen) atoms. The zero-order valence-electron chi connectivity index (χ0n) is 10.1. The molecule has 0 bridgehead atoms. The van der Waals surface area contributed by atoms with E-state index in [1.54, 1.807) is 19.3 Å². The van der Waals surface area contributed by atoms with Crippen LogP contribution in [-0.4, -0.2) is 20.7 Å². The average Bonchev–Trinajstić information content (AvgIpc) is 2.78. The number of nitrogens with one attached hydrogen (secondary N) is 1. The van der Waals surface area contributed by atoms with E-state index < -0.39 is 11.7 Å². The molecule has 7 heteroatoms. The number of nitrogens with two attached hydrogens (primary N) is 1. The molecule has 1 aromatic carbocycles. The van der Waals surface area contributed by atoms with Crippen molar-refractivity contribution in [3.8, 4) is 0 Å².